The van der Waals surface area contributed by atoms with Gasteiger partial charge in [0.05, 0.1) is 6.04 Å². The molecule has 1 aliphatic rings. The van der Waals surface area contributed by atoms with Gasteiger partial charge in [0.1, 0.15) is 0 Å². The quantitative estimate of drug-likeness (QED) is 0.744. The third-order valence-electron chi connectivity index (χ3n) is 4.37. The van der Waals surface area contributed by atoms with E-state index in [4.69, 9.17) is 0 Å². The predicted molar refractivity (Wildman–Crippen MR) is 102 cm³/mol. The fourth-order valence-electron chi connectivity index (χ4n) is 3.03. The molecule has 1 fully saturated rings. The smallest absolute Gasteiger partial charge is 0.252 e. The molecule has 2 aromatic heterocycles. The van der Waals surface area contributed by atoms with E-state index in [-0.39, 0.29) is 17.9 Å². The van der Waals surface area contributed by atoms with E-state index in [2.05, 4.69) is 33.0 Å². The molecule has 25 heavy (non-hydrogen) atoms. The summed E-state index contributed by atoms with van der Waals surface area (Å²) >= 11 is 3.23. The predicted octanol–water partition coefficient (Wildman–Crippen LogP) is 2.88. The summed E-state index contributed by atoms with van der Waals surface area (Å²) in [6.45, 7) is 3.16. The lowest BCUT2D eigenvalue weighted by atomic mass is 10.2. The zero-order valence-electron chi connectivity index (χ0n) is 14.1. The number of nitrogens with zero attached hydrogens (tertiary/aromatic N) is 1. The second kappa shape index (κ2) is 9.12. The Morgan fingerprint density at radius 3 is 2.68 bits per heavy atom. The Kier molecular flexibility index (Phi) is 6.61. The van der Waals surface area contributed by atoms with Crippen LogP contribution in [0.4, 0.5) is 0 Å². The number of hydrogen-bond acceptors (Lipinski definition) is 5. The Morgan fingerprint density at radius 2 is 2.00 bits per heavy atom. The zero-order valence-corrected chi connectivity index (χ0v) is 15.7. The van der Waals surface area contributed by atoms with E-state index in [0.717, 1.165) is 13.1 Å². The number of thiophene rings is 2. The summed E-state index contributed by atoms with van der Waals surface area (Å²) in [6.07, 6.45) is 2.75. The first-order valence-electron chi connectivity index (χ1n) is 8.58. The number of likely N-dealkylation sites (tertiary alicyclic amines) is 1. The topological polar surface area (TPSA) is 61.4 Å². The van der Waals surface area contributed by atoms with Gasteiger partial charge in [0.15, 0.2) is 0 Å². The number of carbonyl (C=O) groups is 2. The van der Waals surface area contributed by atoms with Gasteiger partial charge in [0.2, 0.25) is 5.91 Å². The van der Waals surface area contributed by atoms with Gasteiger partial charge in [-0.2, -0.15) is 11.3 Å². The molecule has 0 spiro atoms. The van der Waals surface area contributed by atoms with Gasteiger partial charge in [0, 0.05) is 35.3 Å². The highest BCUT2D eigenvalue weighted by molar-refractivity contribution is 7.10. The summed E-state index contributed by atoms with van der Waals surface area (Å²) in [4.78, 5) is 27.7. The molecule has 0 saturated carbocycles. The zero-order chi connectivity index (χ0) is 17.5. The van der Waals surface area contributed by atoms with Gasteiger partial charge in [-0.15, -0.1) is 11.3 Å². The molecule has 0 aromatic carbocycles. The van der Waals surface area contributed by atoms with Gasteiger partial charge >= 0.3 is 0 Å². The van der Waals surface area contributed by atoms with E-state index >= 15 is 0 Å². The lowest BCUT2D eigenvalue weighted by Gasteiger charge is -2.26. The van der Waals surface area contributed by atoms with E-state index in [0.29, 0.717) is 25.1 Å². The number of nitrogens with one attached hydrogen (secondary N) is 2. The van der Waals surface area contributed by atoms with E-state index in [1.165, 1.54) is 29.1 Å². The molecule has 2 N–H and O–H groups in total. The summed E-state index contributed by atoms with van der Waals surface area (Å²) in [5.74, 6) is -0.144. The molecule has 7 heteroatoms. The van der Waals surface area contributed by atoms with Crippen LogP contribution in [0.15, 0.2) is 34.3 Å². The summed E-state index contributed by atoms with van der Waals surface area (Å²) < 4.78 is 0. The van der Waals surface area contributed by atoms with Gasteiger partial charge in [0.25, 0.3) is 5.91 Å². The first-order chi connectivity index (χ1) is 12.2. The van der Waals surface area contributed by atoms with Crippen molar-refractivity contribution < 1.29 is 9.59 Å². The molecule has 1 atom stereocenters. The fourth-order valence-corrected chi connectivity index (χ4v) is 4.52. The van der Waals surface area contributed by atoms with Crippen molar-refractivity contribution in [3.8, 4) is 0 Å². The normalized spacial score (nSPS) is 15.8. The fraction of sp³-hybridized carbons (Fsp3) is 0.444. The standard InChI is InChI=1S/C18H23N3O2S2/c22-17(5-7-19-18(23)14-6-11-24-13-14)20-12-15(16-4-3-10-25-16)21-8-1-2-9-21/h3-4,6,10-11,13,15H,1-2,5,7-9,12H2,(H,19,23)(H,20,22). The maximum Gasteiger partial charge on any atom is 0.252 e. The Morgan fingerprint density at radius 1 is 1.16 bits per heavy atom. The molecule has 2 aromatic rings. The van der Waals surface area contributed by atoms with Crippen molar-refractivity contribution in [2.45, 2.75) is 25.3 Å². The molecule has 2 amide bonds. The van der Waals surface area contributed by atoms with Crippen LogP contribution in [-0.2, 0) is 4.79 Å². The second-order valence-electron chi connectivity index (χ2n) is 6.10. The highest BCUT2D eigenvalue weighted by Crippen LogP contribution is 2.27. The number of carbonyl (C=O) groups excluding carboxylic acids is 2. The SMILES string of the molecule is O=C(CCNC(=O)c1ccsc1)NCC(c1cccs1)N1CCCC1. The Bertz CT molecular complexity index is 665. The molecule has 1 saturated heterocycles. The molecule has 3 heterocycles. The van der Waals surface area contributed by atoms with Crippen molar-refractivity contribution in [3.05, 3.63) is 44.8 Å². The Balaban J connectivity index is 1.43. The van der Waals surface area contributed by atoms with Crippen LogP contribution in [0.2, 0.25) is 0 Å². The number of hydrogen-bond donors (Lipinski definition) is 2. The first kappa shape index (κ1) is 18.1. The molecule has 3 rings (SSSR count). The van der Waals surface area contributed by atoms with Crippen LogP contribution < -0.4 is 10.6 Å². The minimum Gasteiger partial charge on any atom is -0.354 e. The molecule has 1 unspecified atom stereocenters. The maximum absolute atomic E-state index is 12.1. The summed E-state index contributed by atoms with van der Waals surface area (Å²) in [7, 11) is 0. The van der Waals surface area contributed by atoms with E-state index in [1.54, 1.807) is 22.8 Å². The van der Waals surface area contributed by atoms with E-state index < -0.39 is 0 Å². The van der Waals surface area contributed by atoms with Crippen LogP contribution in [0.3, 0.4) is 0 Å². The third kappa shape index (κ3) is 5.14. The minimum atomic E-state index is -0.123. The molecular weight excluding hydrogens is 354 g/mol. The van der Waals surface area contributed by atoms with Crippen molar-refractivity contribution in [2.24, 2.45) is 0 Å². The summed E-state index contributed by atoms with van der Waals surface area (Å²) in [6, 6.07) is 6.24. The van der Waals surface area contributed by atoms with Gasteiger partial charge in [-0.3, -0.25) is 14.5 Å². The van der Waals surface area contributed by atoms with Crippen molar-refractivity contribution in [2.75, 3.05) is 26.2 Å². The summed E-state index contributed by atoms with van der Waals surface area (Å²) in [5.41, 5.74) is 0.650. The molecule has 0 aliphatic carbocycles. The second-order valence-corrected chi connectivity index (χ2v) is 7.86. The molecular formula is C18H23N3O2S2. The largest absolute Gasteiger partial charge is 0.354 e. The molecule has 0 radical (unpaired) electrons. The molecule has 134 valence electrons. The van der Waals surface area contributed by atoms with Crippen molar-refractivity contribution >= 4 is 34.5 Å². The third-order valence-corrected chi connectivity index (χ3v) is 6.02. The minimum absolute atomic E-state index is 0.0219. The molecule has 0 bridgehead atoms. The van der Waals surface area contributed by atoms with Crippen LogP contribution in [0.25, 0.3) is 0 Å². The monoisotopic (exact) mass is 377 g/mol. The highest BCUT2D eigenvalue weighted by atomic mass is 32.1. The maximum atomic E-state index is 12.1. The van der Waals surface area contributed by atoms with Crippen LogP contribution in [0.5, 0.6) is 0 Å². The average molecular weight is 378 g/mol. The van der Waals surface area contributed by atoms with Crippen LogP contribution in [0.1, 0.15) is 40.5 Å². The summed E-state index contributed by atoms with van der Waals surface area (Å²) in [5, 5.41) is 11.6. The number of rotatable bonds is 8. The van der Waals surface area contributed by atoms with Gasteiger partial charge in [-0.05, 0) is 48.8 Å². The number of amides is 2. The van der Waals surface area contributed by atoms with Gasteiger partial charge in [-0.25, -0.2) is 0 Å². The van der Waals surface area contributed by atoms with Crippen molar-refractivity contribution in [1.29, 1.82) is 0 Å². The lowest BCUT2D eigenvalue weighted by Crippen LogP contribution is -2.37. The van der Waals surface area contributed by atoms with Crippen molar-refractivity contribution in [3.63, 3.8) is 0 Å². The average Bonchev–Trinajstić information content (AvgIpc) is 3.37. The first-order valence-corrected chi connectivity index (χ1v) is 10.4. The van der Waals surface area contributed by atoms with E-state index in [9.17, 15) is 9.59 Å². The van der Waals surface area contributed by atoms with E-state index in [1.807, 2.05) is 5.38 Å². The van der Waals surface area contributed by atoms with Crippen LogP contribution >= 0.6 is 22.7 Å². The van der Waals surface area contributed by atoms with Crippen molar-refractivity contribution in [1.82, 2.24) is 15.5 Å². The molecule has 5 nitrogen and oxygen atoms in total. The van der Waals surface area contributed by atoms with Crippen LogP contribution in [0, 0.1) is 0 Å². The van der Waals surface area contributed by atoms with Crippen LogP contribution in [-0.4, -0.2) is 42.9 Å². The Labute approximate surface area is 156 Å². The van der Waals surface area contributed by atoms with Gasteiger partial charge < -0.3 is 10.6 Å². The Hall–Kier alpha value is -1.70. The molecule has 1 aliphatic heterocycles. The highest BCUT2D eigenvalue weighted by Gasteiger charge is 2.24. The lowest BCUT2D eigenvalue weighted by molar-refractivity contribution is -0.121. The van der Waals surface area contributed by atoms with Gasteiger partial charge in [-0.1, -0.05) is 6.07 Å².